The van der Waals surface area contributed by atoms with Crippen LogP contribution in [0.1, 0.15) is 77.2 Å². The summed E-state index contributed by atoms with van der Waals surface area (Å²) in [6.45, 7) is 5.79. The third-order valence-corrected chi connectivity index (χ3v) is 9.65. The standard InChI is InChI=1S/C33H47ClN2O6/c1-22(16-27(37)20-36-14-12-26(34)13-15-36)32(40)35-29(18-24-8-10-28(41-3)11-9-24)30(38)19-25(17-23-6-4-5-7-23)31(39)33(2)21-42-33/h8-11,22-23,25-26,29H,4-7,12-21H2,1-3H3,(H,35,40)/t22-,25-,29+,33-/m1/s1. The Hall–Kier alpha value is -2.29. The molecule has 0 aromatic heterocycles. The second kappa shape index (κ2) is 14.9. The SMILES string of the molecule is COc1ccc(C[C@H](NC(=O)[C@H](C)CC(=O)CN2CCC(Cl)CC2)C(=O)C[C@@H](CC2CCCC2)C(=O)[C@@]2(C)CO2)cc1. The molecule has 1 saturated carbocycles. The summed E-state index contributed by atoms with van der Waals surface area (Å²) in [5.74, 6) is -0.368. The van der Waals surface area contributed by atoms with Crippen LogP contribution in [0.5, 0.6) is 5.75 Å². The minimum absolute atomic E-state index is 0.00334. The van der Waals surface area contributed by atoms with Gasteiger partial charge in [0.15, 0.2) is 11.6 Å². The number of hydrogen-bond acceptors (Lipinski definition) is 7. The van der Waals surface area contributed by atoms with Crippen molar-refractivity contribution in [3.05, 3.63) is 29.8 Å². The maximum atomic E-state index is 13.9. The number of nitrogens with zero attached hydrogens (tertiary/aromatic N) is 1. The first-order chi connectivity index (χ1) is 20.1. The van der Waals surface area contributed by atoms with Crippen LogP contribution < -0.4 is 10.1 Å². The van der Waals surface area contributed by atoms with Crippen LogP contribution in [-0.4, -0.2) is 78.5 Å². The molecule has 1 aromatic rings. The molecule has 2 saturated heterocycles. The van der Waals surface area contributed by atoms with Crippen LogP contribution >= 0.6 is 11.6 Å². The van der Waals surface area contributed by atoms with Crippen LogP contribution in [0.3, 0.4) is 0 Å². The van der Waals surface area contributed by atoms with E-state index >= 15 is 0 Å². The van der Waals surface area contributed by atoms with Gasteiger partial charge in [-0.2, -0.15) is 0 Å². The number of rotatable bonds is 16. The number of benzene rings is 1. The fourth-order valence-corrected chi connectivity index (χ4v) is 6.56. The Morgan fingerprint density at radius 3 is 2.31 bits per heavy atom. The number of carbonyl (C=O) groups excluding carboxylic acids is 4. The number of hydrogen-bond donors (Lipinski definition) is 1. The van der Waals surface area contributed by atoms with Gasteiger partial charge < -0.3 is 14.8 Å². The molecule has 0 unspecified atom stereocenters. The molecule has 1 aromatic carbocycles. The summed E-state index contributed by atoms with van der Waals surface area (Å²) < 4.78 is 10.7. The largest absolute Gasteiger partial charge is 0.497 e. The molecule has 1 amide bonds. The van der Waals surface area contributed by atoms with Gasteiger partial charge in [-0.05, 0) is 56.2 Å². The molecule has 1 aliphatic carbocycles. The normalized spacial score (nSPS) is 23.6. The summed E-state index contributed by atoms with van der Waals surface area (Å²) in [4.78, 5) is 55.5. The van der Waals surface area contributed by atoms with E-state index in [9.17, 15) is 19.2 Å². The maximum absolute atomic E-state index is 13.9. The molecule has 1 N–H and O–H groups in total. The Morgan fingerprint density at radius 2 is 1.71 bits per heavy atom. The summed E-state index contributed by atoms with van der Waals surface area (Å²) >= 11 is 6.18. The highest BCUT2D eigenvalue weighted by atomic mass is 35.5. The lowest BCUT2D eigenvalue weighted by atomic mass is 9.81. The summed E-state index contributed by atoms with van der Waals surface area (Å²) in [5, 5.41) is 3.12. The van der Waals surface area contributed by atoms with Crippen molar-refractivity contribution in [2.75, 3.05) is 33.4 Å². The number of likely N-dealkylation sites (tertiary alicyclic amines) is 1. The van der Waals surface area contributed by atoms with Gasteiger partial charge in [-0.1, -0.05) is 44.7 Å². The predicted octanol–water partition coefficient (Wildman–Crippen LogP) is 4.53. The Labute approximate surface area is 255 Å². The molecule has 9 heteroatoms. The number of amides is 1. The van der Waals surface area contributed by atoms with Gasteiger partial charge in [0, 0.05) is 43.1 Å². The summed E-state index contributed by atoms with van der Waals surface area (Å²) in [7, 11) is 1.59. The number of ketones is 3. The third-order valence-electron chi connectivity index (χ3n) is 9.21. The van der Waals surface area contributed by atoms with Gasteiger partial charge in [0.25, 0.3) is 0 Å². The second-order valence-corrected chi connectivity index (χ2v) is 13.5. The number of methoxy groups -OCH3 is 1. The topological polar surface area (TPSA) is 105 Å². The highest BCUT2D eigenvalue weighted by Crippen LogP contribution is 2.37. The zero-order valence-electron chi connectivity index (χ0n) is 25.4. The molecule has 0 radical (unpaired) electrons. The van der Waals surface area contributed by atoms with Gasteiger partial charge in [0.05, 0.1) is 26.3 Å². The Morgan fingerprint density at radius 1 is 1.07 bits per heavy atom. The van der Waals surface area contributed by atoms with Crippen LogP contribution in [0.2, 0.25) is 0 Å². The van der Waals surface area contributed by atoms with Gasteiger partial charge in [-0.15, -0.1) is 11.6 Å². The number of Topliss-reactive ketones (excluding diaryl/α,β-unsaturated/α-hetero) is 3. The molecule has 3 aliphatic rings. The van der Waals surface area contributed by atoms with Gasteiger partial charge in [-0.3, -0.25) is 24.1 Å². The maximum Gasteiger partial charge on any atom is 0.223 e. The number of halogens is 1. The first kappa shape index (κ1) is 32.6. The fraction of sp³-hybridized carbons (Fsp3) is 0.697. The molecule has 2 heterocycles. The monoisotopic (exact) mass is 602 g/mol. The highest BCUT2D eigenvalue weighted by molar-refractivity contribution is 6.20. The summed E-state index contributed by atoms with van der Waals surface area (Å²) in [5.41, 5.74) is 0.0728. The average Bonchev–Trinajstić information content (AvgIpc) is 3.51. The summed E-state index contributed by atoms with van der Waals surface area (Å²) in [6, 6.07) is 6.60. The first-order valence-corrected chi connectivity index (χ1v) is 16.0. The molecule has 0 spiro atoms. The van der Waals surface area contributed by atoms with E-state index in [1.165, 1.54) is 0 Å². The highest BCUT2D eigenvalue weighted by Gasteiger charge is 2.50. The molecule has 42 heavy (non-hydrogen) atoms. The zero-order chi connectivity index (χ0) is 30.3. The van der Waals surface area contributed by atoms with Crippen molar-refractivity contribution in [3.8, 4) is 5.75 Å². The van der Waals surface area contributed by atoms with E-state index in [2.05, 4.69) is 10.2 Å². The van der Waals surface area contributed by atoms with E-state index in [-0.39, 0.29) is 41.5 Å². The number of alkyl halides is 1. The second-order valence-electron chi connectivity index (χ2n) is 12.8. The minimum Gasteiger partial charge on any atom is -0.497 e. The summed E-state index contributed by atoms with van der Waals surface area (Å²) in [6.07, 6.45) is 7.34. The molecule has 2 aliphatic heterocycles. The number of nitrogens with one attached hydrogen (secondary N) is 1. The lowest BCUT2D eigenvalue weighted by Crippen LogP contribution is -2.46. The Kier molecular flexibility index (Phi) is 11.6. The molecular weight excluding hydrogens is 556 g/mol. The molecule has 8 nitrogen and oxygen atoms in total. The predicted molar refractivity (Wildman–Crippen MR) is 162 cm³/mol. The van der Waals surface area contributed by atoms with Crippen LogP contribution in [-0.2, 0) is 30.3 Å². The Bertz CT molecular complexity index is 1090. The van der Waals surface area contributed by atoms with Gasteiger partial charge >= 0.3 is 0 Å². The van der Waals surface area contributed by atoms with Crippen molar-refractivity contribution in [1.29, 1.82) is 0 Å². The molecule has 3 fully saturated rings. The van der Waals surface area contributed by atoms with Crippen LogP contribution in [0.25, 0.3) is 0 Å². The fourth-order valence-electron chi connectivity index (χ4n) is 6.36. The van der Waals surface area contributed by atoms with Crippen molar-refractivity contribution in [3.63, 3.8) is 0 Å². The van der Waals surface area contributed by atoms with Crippen molar-refractivity contribution < 1.29 is 28.7 Å². The number of carbonyl (C=O) groups is 4. The van der Waals surface area contributed by atoms with E-state index in [1.54, 1.807) is 21.0 Å². The van der Waals surface area contributed by atoms with Crippen molar-refractivity contribution in [2.24, 2.45) is 17.8 Å². The molecule has 0 bridgehead atoms. The lowest BCUT2D eigenvalue weighted by molar-refractivity contribution is -0.134. The zero-order valence-corrected chi connectivity index (χ0v) is 26.1. The molecular formula is C33H47ClN2O6. The number of epoxide rings is 1. The van der Waals surface area contributed by atoms with Crippen LogP contribution in [0.15, 0.2) is 24.3 Å². The van der Waals surface area contributed by atoms with Gasteiger partial charge in [-0.25, -0.2) is 0 Å². The smallest absolute Gasteiger partial charge is 0.223 e. The van der Waals surface area contributed by atoms with E-state index in [0.717, 1.165) is 57.2 Å². The first-order valence-electron chi connectivity index (χ1n) is 15.6. The minimum atomic E-state index is -0.807. The number of piperidine rings is 1. The van der Waals surface area contributed by atoms with Crippen LogP contribution in [0.4, 0.5) is 0 Å². The van der Waals surface area contributed by atoms with E-state index < -0.39 is 23.5 Å². The molecule has 4 rings (SSSR count). The third kappa shape index (κ3) is 9.35. The molecule has 4 atom stereocenters. The lowest BCUT2D eigenvalue weighted by Gasteiger charge is -2.28. The van der Waals surface area contributed by atoms with Crippen molar-refractivity contribution in [2.45, 2.75) is 95.1 Å². The Balaban J connectivity index is 1.42. The van der Waals surface area contributed by atoms with Crippen LogP contribution in [0, 0.1) is 17.8 Å². The number of ether oxygens (including phenoxy) is 2. The van der Waals surface area contributed by atoms with E-state index in [0.29, 0.717) is 37.7 Å². The quantitative estimate of drug-likeness (QED) is 0.219. The average molecular weight is 603 g/mol. The van der Waals surface area contributed by atoms with Gasteiger partial charge in [0.2, 0.25) is 5.91 Å². The molecule has 232 valence electrons. The van der Waals surface area contributed by atoms with E-state index in [1.807, 2.05) is 24.3 Å². The van der Waals surface area contributed by atoms with E-state index in [4.69, 9.17) is 21.1 Å². The van der Waals surface area contributed by atoms with Crippen molar-refractivity contribution in [1.82, 2.24) is 10.2 Å². The van der Waals surface area contributed by atoms with Crippen molar-refractivity contribution >= 4 is 34.9 Å². The van der Waals surface area contributed by atoms with Gasteiger partial charge in [0.1, 0.15) is 17.1 Å².